The second-order valence-corrected chi connectivity index (χ2v) is 7.19. The van der Waals surface area contributed by atoms with Crippen molar-refractivity contribution in [2.45, 2.75) is 37.8 Å². The van der Waals surface area contributed by atoms with Gasteiger partial charge in [0.1, 0.15) is 19.3 Å². The van der Waals surface area contributed by atoms with Gasteiger partial charge in [0.05, 0.1) is 0 Å². The molecule has 0 aromatic heterocycles. The minimum Gasteiger partial charge on any atom is -0.486 e. The number of benzene rings is 1. The Morgan fingerprint density at radius 3 is 2.78 bits per heavy atom. The minimum absolute atomic E-state index is 0.0569. The number of piperidine rings is 1. The number of hydrogen-bond donors (Lipinski definition) is 3. The van der Waals surface area contributed by atoms with Gasteiger partial charge in [0.25, 0.3) is 0 Å². The van der Waals surface area contributed by atoms with Gasteiger partial charge in [-0.3, -0.25) is 4.79 Å². The van der Waals surface area contributed by atoms with Crippen LogP contribution < -0.4 is 25.4 Å². The lowest BCUT2D eigenvalue weighted by atomic mass is 10.1. The van der Waals surface area contributed by atoms with Gasteiger partial charge in [-0.2, -0.15) is 0 Å². The summed E-state index contributed by atoms with van der Waals surface area (Å²) in [5.74, 6) is 1.25. The Morgan fingerprint density at radius 2 is 1.96 bits per heavy atom. The van der Waals surface area contributed by atoms with Crippen molar-refractivity contribution in [2.75, 3.05) is 38.2 Å². The number of hydrogen-bond acceptors (Lipinski definition) is 5. The van der Waals surface area contributed by atoms with Crippen LogP contribution in [0.4, 0.5) is 10.5 Å². The number of likely N-dealkylation sites (tertiary alicyclic amines) is 1. The van der Waals surface area contributed by atoms with E-state index in [1.165, 1.54) is 0 Å². The molecular weight excluding hydrogens is 348 g/mol. The first-order chi connectivity index (χ1) is 13.2. The van der Waals surface area contributed by atoms with Crippen molar-refractivity contribution in [3.8, 4) is 11.5 Å². The molecule has 3 N–H and O–H groups in total. The molecule has 0 aliphatic carbocycles. The number of ether oxygens (including phenoxy) is 2. The monoisotopic (exact) mass is 374 g/mol. The zero-order valence-corrected chi connectivity index (χ0v) is 15.3. The molecule has 0 bridgehead atoms. The van der Waals surface area contributed by atoms with E-state index in [-0.39, 0.29) is 18.0 Å². The summed E-state index contributed by atoms with van der Waals surface area (Å²) >= 11 is 0. The zero-order chi connectivity index (χ0) is 18.6. The fourth-order valence-corrected chi connectivity index (χ4v) is 3.87. The Bertz CT molecular complexity index is 705. The molecule has 0 unspecified atom stereocenters. The van der Waals surface area contributed by atoms with Crippen LogP contribution in [0.25, 0.3) is 0 Å². The van der Waals surface area contributed by atoms with Crippen molar-refractivity contribution in [3.63, 3.8) is 0 Å². The van der Waals surface area contributed by atoms with E-state index in [0.29, 0.717) is 43.4 Å². The average Bonchev–Trinajstić information content (AvgIpc) is 3.19. The molecule has 146 valence electrons. The van der Waals surface area contributed by atoms with Crippen LogP contribution in [-0.4, -0.2) is 61.8 Å². The molecule has 2 fully saturated rings. The Balaban J connectivity index is 1.37. The van der Waals surface area contributed by atoms with E-state index in [4.69, 9.17) is 9.47 Å². The van der Waals surface area contributed by atoms with Crippen LogP contribution in [0, 0.1) is 0 Å². The van der Waals surface area contributed by atoms with Gasteiger partial charge in [-0.25, -0.2) is 4.79 Å². The minimum atomic E-state index is -0.413. The van der Waals surface area contributed by atoms with E-state index in [1.807, 2.05) is 0 Å². The molecule has 8 heteroatoms. The standard InChI is InChI=1S/C19H26N4O4/c24-18(21-14-3-1-7-20-12-14)15-4-2-8-23(15)19(25)22-13-5-6-16-17(11-13)27-10-9-26-16/h5-6,11,14-15,20H,1-4,7-10,12H2,(H,21,24)(H,22,25)/t14-,15-/m0/s1. The molecule has 3 amide bonds. The van der Waals surface area contributed by atoms with E-state index in [2.05, 4.69) is 16.0 Å². The van der Waals surface area contributed by atoms with Crippen molar-refractivity contribution in [1.29, 1.82) is 0 Å². The summed E-state index contributed by atoms with van der Waals surface area (Å²) in [5, 5.41) is 9.26. The Hall–Kier alpha value is -2.48. The third-order valence-corrected chi connectivity index (χ3v) is 5.25. The highest BCUT2D eigenvalue weighted by Gasteiger charge is 2.35. The lowest BCUT2D eigenvalue weighted by Gasteiger charge is -2.28. The third-order valence-electron chi connectivity index (χ3n) is 5.25. The van der Waals surface area contributed by atoms with Gasteiger partial charge < -0.3 is 30.3 Å². The largest absolute Gasteiger partial charge is 0.486 e. The molecule has 2 atom stereocenters. The predicted molar refractivity (Wildman–Crippen MR) is 100 cm³/mol. The Morgan fingerprint density at radius 1 is 1.11 bits per heavy atom. The summed E-state index contributed by atoms with van der Waals surface area (Å²) in [6.45, 7) is 3.40. The Labute approximate surface area is 158 Å². The van der Waals surface area contributed by atoms with Gasteiger partial charge in [-0.05, 0) is 44.4 Å². The van der Waals surface area contributed by atoms with Crippen molar-refractivity contribution in [3.05, 3.63) is 18.2 Å². The molecule has 1 aromatic carbocycles. The number of carbonyl (C=O) groups is 2. The summed E-state index contributed by atoms with van der Waals surface area (Å²) in [5.41, 5.74) is 0.631. The van der Waals surface area contributed by atoms with Crippen LogP contribution in [0.3, 0.4) is 0 Å². The highest BCUT2D eigenvalue weighted by molar-refractivity contribution is 5.94. The SMILES string of the molecule is O=C(N[C@H]1CCCNC1)[C@@H]1CCCN1C(=O)Nc1ccc2c(c1)OCCO2. The number of rotatable bonds is 3. The smallest absolute Gasteiger partial charge is 0.322 e. The number of carbonyl (C=O) groups excluding carboxylic acids is 2. The number of fused-ring (bicyclic) bond motifs is 1. The molecule has 3 aliphatic rings. The van der Waals surface area contributed by atoms with Crippen LogP contribution in [0.2, 0.25) is 0 Å². The summed E-state index contributed by atoms with van der Waals surface area (Å²) < 4.78 is 11.1. The molecule has 3 heterocycles. The van der Waals surface area contributed by atoms with Gasteiger partial charge in [-0.1, -0.05) is 0 Å². The lowest BCUT2D eigenvalue weighted by Crippen LogP contribution is -2.53. The number of anilines is 1. The molecule has 2 saturated heterocycles. The van der Waals surface area contributed by atoms with Crippen molar-refractivity contribution < 1.29 is 19.1 Å². The second kappa shape index (κ2) is 8.04. The highest BCUT2D eigenvalue weighted by Crippen LogP contribution is 2.33. The fourth-order valence-electron chi connectivity index (χ4n) is 3.87. The van der Waals surface area contributed by atoms with Crippen LogP contribution in [0.15, 0.2) is 18.2 Å². The maximum Gasteiger partial charge on any atom is 0.322 e. The van der Waals surface area contributed by atoms with Gasteiger partial charge in [0.2, 0.25) is 5.91 Å². The van der Waals surface area contributed by atoms with Crippen molar-refractivity contribution in [1.82, 2.24) is 15.5 Å². The molecule has 0 radical (unpaired) electrons. The predicted octanol–water partition coefficient (Wildman–Crippen LogP) is 1.32. The molecule has 3 aliphatic heterocycles. The molecule has 4 rings (SSSR count). The van der Waals surface area contributed by atoms with Gasteiger partial charge >= 0.3 is 6.03 Å². The zero-order valence-electron chi connectivity index (χ0n) is 15.3. The van der Waals surface area contributed by atoms with E-state index < -0.39 is 6.04 Å². The molecule has 1 aromatic rings. The molecule has 8 nitrogen and oxygen atoms in total. The van der Waals surface area contributed by atoms with Gasteiger partial charge in [-0.15, -0.1) is 0 Å². The molecule has 27 heavy (non-hydrogen) atoms. The summed E-state index contributed by atoms with van der Waals surface area (Å²) in [6, 6.07) is 4.80. The summed E-state index contributed by atoms with van der Waals surface area (Å²) in [6.07, 6.45) is 3.56. The van der Waals surface area contributed by atoms with E-state index in [0.717, 1.165) is 32.4 Å². The van der Waals surface area contributed by atoms with Crippen molar-refractivity contribution in [2.24, 2.45) is 0 Å². The first-order valence-corrected chi connectivity index (χ1v) is 9.69. The highest BCUT2D eigenvalue weighted by atomic mass is 16.6. The van der Waals surface area contributed by atoms with E-state index in [1.54, 1.807) is 23.1 Å². The molecule has 0 spiro atoms. The summed E-state index contributed by atoms with van der Waals surface area (Å²) in [4.78, 5) is 27.0. The maximum atomic E-state index is 12.7. The molecular formula is C19H26N4O4. The second-order valence-electron chi connectivity index (χ2n) is 7.19. The van der Waals surface area contributed by atoms with Crippen LogP contribution in [0.5, 0.6) is 11.5 Å². The molecule has 0 saturated carbocycles. The normalized spacial score (nSPS) is 24.4. The summed E-state index contributed by atoms with van der Waals surface area (Å²) in [7, 11) is 0. The maximum absolute atomic E-state index is 12.7. The number of nitrogens with zero attached hydrogens (tertiary/aromatic N) is 1. The van der Waals surface area contributed by atoms with Gasteiger partial charge in [0.15, 0.2) is 11.5 Å². The van der Waals surface area contributed by atoms with E-state index in [9.17, 15) is 9.59 Å². The topological polar surface area (TPSA) is 91.9 Å². The first-order valence-electron chi connectivity index (χ1n) is 9.69. The average molecular weight is 374 g/mol. The number of nitrogens with one attached hydrogen (secondary N) is 3. The first kappa shape index (κ1) is 17.9. The quantitative estimate of drug-likeness (QED) is 0.742. The number of urea groups is 1. The van der Waals surface area contributed by atoms with Crippen LogP contribution in [-0.2, 0) is 4.79 Å². The Kier molecular flexibility index (Phi) is 5.33. The lowest BCUT2D eigenvalue weighted by molar-refractivity contribution is -0.125. The number of amides is 3. The van der Waals surface area contributed by atoms with Crippen LogP contribution >= 0.6 is 0 Å². The van der Waals surface area contributed by atoms with Crippen LogP contribution in [0.1, 0.15) is 25.7 Å². The fraction of sp³-hybridized carbons (Fsp3) is 0.579. The third kappa shape index (κ3) is 4.10. The van der Waals surface area contributed by atoms with E-state index >= 15 is 0 Å². The van der Waals surface area contributed by atoms with Gasteiger partial charge in [0, 0.05) is 30.9 Å². The van der Waals surface area contributed by atoms with Crippen molar-refractivity contribution >= 4 is 17.6 Å².